The summed E-state index contributed by atoms with van der Waals surface area (Å²) in [5, 5.41) is 136. The largest absolute Gasteiger partial charge is 0.508 e. The maximum Gasteiger partial charge on any atom is 0.343 e. The third-order valence-corrected chi connectivity index (χ3v) is 10.4. The quantitative estimate of drug-likeness (QED) is 0.0647. The molecule has 0 fully saturated rings. The Hall–Kier alpha value is -8.49. The zero-order valence-corrected chi connectivity index (χ0v) is 31.7. The highest BCUT2D eigenvalue weighted by molar-refractivity contribution is 6.02. The van der Waals surface area contributed by atoms with Crippen LogP contribution in [0.25, 0.3) is 10.8 Å². The number of carbonyl (C=O) groups is 2. The van der Waals surface area contributed by atoms with Gasteiger partial charge in [0.2, 0.25) is 5.43 Å². The number of aromatic hydroxyl groups is 11. The molecule has 20 nitrogen and oxygen atoms in total. The summed E-state index contributed by atoms with van der Waals surface area (Å²) < 4.78 is 22.9. The third-order valence-electron chi connectivity index (χ3n) is 10.4. The Balaban J connectivity index is 1.27. The Morgan fingerprint density at radius 3 is 1.62 bits per heavy atom. The van der Waals surface area contributed by atoms with Gasteiger partial charge in [0.1, 0.15) is 40.6 Å². The highest BCUT2D eigenvalue weighted by Gasteiger charge is 2.37. The van der Waals surface area contributed by atoms with Gasteiger partial charge in [0, 0.05) is 53.8 Å². The van der Waals surface area contributed by atoms with Gasteiger partial charge in [-0.2, -0.15) is 0 Å². The number of phenolic OH excluding ortho intramolecular Hbond substituents is 10. The second kappa shape index (κ2) is 15.2. The summed E-state index contributed by atoms with van der Waals surface area (Å²) in [4.78, 5) is 40.2. The summed E-state index contributed by atoms with van der Waals surface area (Å²) in [6.45, 7) is 0. The lowest BCUT2D eigenvalue weighted by molar-refractivity contribution is 0.0193. The van der Waals surface area contributed by atoms with Crippen LogP contribution in [-0.2, 0) is 12.8 Å². The SMILES string of the molecule is O=C(Oc1cc(O)c2c(c1)OC(c1cc(O)c(OC(=O)c3cc(O)c(O)c(O)c3)c3c(O)c(=O)cc(C4Oc5cc(O)cc(O)c5CC4O)cc13)C(O)C2)c1cc(O)c(O)c(O)c1. The van der Waals surface area contributed by atoms with Crippen molar-refractivity contribution in [2.75, 3.05) is 0 Å². The van der Waals surface area contributed by atoms with Crippen LogP contribution in [0, 0.1) is 0 Å². The summed E-state index contributed by atoms with van der Waals surface area (Å²) in [5.41, 5.74) is -2.49. The van der Waals surface area contributed by atoms with Crippen LogP contribution in [0.3, 0.4) is 0 Å². The van der Waals surface area contributed by atoms with Crippen molar-refractivity contribution in [1.82, 2.24) is 0 Å². The molecule has 2 aliphatic heterocycles. The monoisotopic (exact) mass is 868 g/mol. The predicted molar refractivity (Wildman–Crippen MR) is 210 cm³/mol. The maximum absolute atomic E-state index is 13.8. The number of esters is 2. The fourth-order valence-electron chi connectivity index (χ4n) is 7.42. The minimum Gasteiger partial charge on any atom is -0.508 e. The van der Waals surface area contributed by atoms with Crippen molar-refractivity contribution >= 4 is 22.7 Å². The lowest BCUT2D eigenvalue weighted by Gasteiger charge is -2.33. The van der Waals surface area contributed by atoms with E-state index in [1.165, 1.54) is 6.07 Å². The molecule has 6 aromatic carbocycles. The molecule has 324 valence electrons. The van der Waals surface area contributed by atoms with E-state index in [2.05, 4.69) is 0 Å². The van der Waals surface area contributed by atoms with Crippen molar-refractivity contribution in [3.63, 3.8) is 0 Å². The summed E-state index contributed by atoms with van der Waals surface area (Å²) in [7, 11) is 0. The van der Waals surface area contributed by atoms with Crippen molar-refractivity contribution < 1.29 is 94.9 Å². The normalized spacial score (nSPS) is 17.7. The minimum absolute atomic E-state index is 0.00205. The minimum atomic E-state index is -1.62. The van der Waals surface area contributed by atoms with Gasteiger partial charge in [-0.25, -0.2) is 9.59 Å². The van der Waals surface area contributed by atoms with Gasteiger partial charge in [-0.1, -0.05) is 0 Å². The number of phenols is 10. The number of aliphatic hydroxyl groups is 2. The summed E-state index contributed by atoms with van der Waals surface area (Å²) in [5.74, 6) is -13.0. The standard InChI is InChI=1S/C43H32O20/c44-17-7-23(45)21-12-30(52)39(61-33(21)8-17)14-1-19-20(11-32(54)41(35(19)38(57)29(51)2-14)63-43(59)16-5-27(49)37(56)28(50)6-16)40-31(53)13-22-24(46)9-18(10-34(22)62-40)60-42(58)15-3-25(47)36(55)26(48)4-15/h1-11,30-31,39-40,44-50,52-56H,12-13H2,(H,51,57). The fraction of sp³-hybridized carbons (Fsp3) is 0.140. The van der Waals surface area contributed by atoms with Crippen molar-refractivity contribution in [2.45, 2.75) is 37.3 Å². The van der Waals surface area contributed by atoms with Crippen molar-refractivity contribution in [1.29, 1.82) is 0 Å². The Kier molecular flexibility index (Phi) is 9.96. The Bertz CT molecular complexity index is 2950. The molecule has 20 heteroatoms. The number of benzene rings is 5. The van der Waals surface area contributed by atoms with Gasteiger partial charge in [-0.05, 0) is 53.4 Å². The highest BCUT2D eigenvalue weighted by Crippen LogP contribution is 2.50. The second-order valence-corrected chi connectivity index (χ2v) is 14.6. The van der Waals surface area contributed by atoms with E-state index in [1.54, 1.807) is 0 Å². The molecule has 2 heterocycles. The van der Waals surface area contributed by atoms with E-state index >= 15 is 0 Å². The van der Waals surface area contributed by atoms with Gasteiger partial charge >= 0.3 is 11.9 Å². The number of hydrogen-bond acceptors (Lipinski definition) is 20. The number of fused-ring (bicyclic) bond motifs is 3. The van der Waals surface area contributed by atoms with Gasteiger partial charge in [-0.15, -0.1) is 0 Å². The molecule has 4 unspecified atom stereocenters. The van der Waals surface area contributed by atoms with Gasteiger partial charge in [-0.3, -0.25) is 4.79 Å². The molecule has 2 aliphatic rings. The van der Waals surface area contributed by atoms with Crippen LogP contribution in [0.1, 0.15) is 55.2 Å². The molecular weight excluding hydrogens is 836 g/mol. The molecule has 0 bridgehead atoms. The molecule has 0 aromatic heterocycles. The first kappa shape index (κ1) is 41.3. The Labute approximate surface area is 351 Å². The van der Waals surface area contributed by atoms with Gasteiger partial charge in [0.25, 0.3) is 0 Å². The van der Waals surface area contributed by atoms with Crippen LogP contribution in [-0.4, -0.2) is 90.5 Å². The topological polar surface area (TPSA) is 351 Å². The van der Waals surface area contributed by atoms with Crippen molar-refractivity contribution in [2.24, 2.45) is 0 Å². The van der Waals surface area contributed by atoms with Gasteiger partial charge in [0.15, 0.2) is 57.8 Å². The van der Waals surface area contributed by atoms with E-state index in [9.17, 15) is 80.8 Å². The van der Waals surface area contributed by atoms with Crippen LogP contribution >= 0.6 is 0 Å². The summed E-state index contributed by atoms with van der Waals surface area (Å²) >= 11 is 0. The van der Waals surface area contributed by atoms with E-state index < -0.39 is 127 Å². The summed E-state index contributed by atoms with van der Waals surface area (Å²) in [6, 6.07) is 10.3. The van der Waals surface area contributed by atoms with Crippen molar-refractivity contribution in [3.05, 3.63) is 110 Å². The first-order valence-electron chi connectivity index (χ1n) is 18.4. The molecule has 4 atom stereocenters. The van der Waals surface area contributed by atoms with Crippen LogP contribution in [0.4, 0.5) is 0 Å². The number of ether oxygens (including phenoxy) is 4. The van der Waals surface area contributed by atoms with Crippen LogP contribution < -0.4 is 24.4 Å². The highest BCUT2D eigenvalue weighted by atomic mass is 16.5. The van der Waals surface area contributed by atoms with E-state index in [0.717, 1.165) is 48.5 Å². The molecule has 0 saturated carbocycles. The molecule has 6 aromatic rings. The molecule has 8 rings (SSSR count). The van der Waals surface area contributed by atoms with Crippen LogP contribution in [0.5, 0.6) is 86.2 Å². The molecule has 0 amide bonds. The first-order valence-corrected chi connectivity index (χ1v) is 18.4. The number of aliphatic hydroxyl groups excluding tert-OH is 2. The lowest BCUT2D eigenvalue weighted by Crippen LogP contribution is -2.31. The van der Waals surface area contributed by atoms with Gasteiger partial charge < -0.3 is 85.3 Å². The number of hydrogen-bond donors (Lipinski definition) is 13. The Morgan fingerprint density at radius 2 is 1.03 bits per heavy atom. The predicted octanol–water partition coefficient (Wildman–Crippen LogP) is 3.47. The summed E-state index contributed by atoms with van der Waals surface area (Å²) in [6.07, 6.45) is -6.85. The van der Waals surface area contributed by atoms with E-state index in [-0.39, 0.29) is 57.7 Å². The van der Waals surface area contributed by atoms with Crippen molar-refractivity contribution in [3.8, 4) is 86.2 Å². The second-order valence-electron chi connectivity index (χ2n) is 14.6. The van der Waals surface area contributed by atoms with E-state index in [0.29, 0.717) is 12.1 Å². The molecule has 0 radical (unpaired) electrons. The average Bonchev–Trinajstić information content (AvgIpc) is 3.34. The van der Waals surface area contributed by atoms with Crippen LogP contribution in [0.2, 0.25) is 0 Å². The third kappa shape index (κ3) is 7.29. The fourth-order valence-corrected chi connectivity index (χ4v) is 7.42. The number of carbonyl (C=O) groups excluding carboxylic acids is 2. The lowest BCUT2D eigenvalue weighted by atomic mass is 9.90. The maximum atomic E-state index is 13.8. The molecule has 13 N–H and O–H groups in total. The molecule has 0 spiro atoms. The average molecular weight is 869 g/mol. The molecular formula is C43H32O20. The molecule has 0 aliphatic carbocycles. The molecule has 0 saturated heterocycles. The zero-order valence-electron chi connectivity index (χ0n) is 31.7. The van der Waals surface area contributed by atoms with Gasteiger partial charge in [0.05, 0.1) is 28.7 Å². The smallest absolute Gasteiger partial charge is 0.343 e. The van der Waals surface area contributed by atoms with E-state index in [1.807, 2.05) is 0 Å². The number of rotatable bonds is 6. The van der Waals surface area contributed by atoms with Crippen LogP contribution in [0.15, 0.2) is 71.5 Å². The first-order chi connectivity index (χ1) is 29.8. The Morgan fingerprint density at radius 1 is 0.524 bits per heavy atom. The zero-order chi connectivity index (χ0) is 45.3. The molecule has 63 heavy (non-hydrogen) atoms. The van der Waals surface area contributed by atoms with E-state index in [4.69, 9.17) is 18.9 Å².